The predicted molar refractivity (Wildman–Crippen MR) is 103 cm³/mol. The van der Waals surface area contributed by atoms with Crippen LogP contribution in [0.3, 0.4) is 0 Å². The number of piperazine rings is 1. The van der Waals surface area contributed by atoms with Crippen molar-refractivity contribution in [2.45, 2.75) is 51.9 Å². The fourth-order valence-corrected chi connectivity index (χ4v) is 4.38. The average molecular weight is 400 g/mol. The third-order valence-electron chi connectivity index (χ3n) is 5.66. The van der Waals surface area contributed by atoms with E-state index in [1.54, 1.807) is 6.07 Å². The van der Waals surface area contributed by atoms with E-state index in [0.29, 0.717) is 11.8 Å². The van der Waals surface area contributed by atoms with Crippen molar-refractivity contribution in [2.24, 2.45) is 5.41 Å². The van der Waals surface area contributed by atoms with Crippen LogP contribution in [0, 0.1) is 5.41 Å². The van der Waals surface area contributed by atoms with Gasteiger partial charge in [-0.3, -0.25) is 4.90 Å². The number of ether oxygens (including phenoxy) is 2. The first kappa shape index (κ1) is 21.2. The second kappa shape index (κ2) is 7.75. The van der Waals surface area contributed by atoms with Crippen LogP contribution in [-0.2, 0) is 6.42 Å². The van der Waals surface area contributed by atoms with Crippen LogP contribution in [0.1, 0.15) is 44.4 Å². The Morgan fingerprint density at radius 3 is 2.43 bits per heavy atom. The van der Waals surface area contributed by atoms with Crippen LogP contribution in [0.25, 0.3) is 0 Å². The van der Waals surface area contributed by atoms with Crippen molar-refractivity contribution in [3.63, 3.8) is 0 Å². The van der Waals surface area contributed by atoms with E-state index >= 15 is 0 Å². The zero-order valence-electron chi connectivity index (χ0n) is 17.4. The van der Waals surface area contributed by atoms with Crippen LogP contribution in [0.4, 0.5) is 13.2 Å². The summed E-state index contributed by atoms with van der Waals surface area (Å²) in [6.45, 7) is 8.32. The van der Waals surface area contributed by atoms with Gasteiger partial charge in [-0.1, -0.05) is 20.8 Å². The fraction of sp³-hybridized carbons (Fsp3) is 0.714. The highest BCUT2D eigenvalue weighted by atomic mass is 19.4. The Morgan fingerprint density at radius 2 is 1.82 bits per heavy atom. The Balaban J connectivity index is 1.82. The molecule has 158 valence electrons. The van der Waals surface area contributed by atoms with Gasteiger partial charge in [0.05, 0.1) is 7.11 Å². The Hall–Kier alpha value is -1.47. The molecule has 1 aromatic carbocycles. The zero-order chi connectivity index (χ0) is 20.7. The van der Waals surface area contributed by atoms with Crippen molar-refractivity contribution in [1.82, 2.24) is 9.80 Å². The van der Waals surface area contributed by atoms with Crippen molar-refractivity contribution < 1.29 is 22.6 Å². The summed E-state index contributed by atoms with van der Waals surface area (Å²) in [5, 5.41) is 0. The lowest BCUT2D eigenvalue weighted by molar-refractivity contribution is -0.153. The summed E-state index contributed by atoms with van der Waals surface area (Å²) in [4.78, 5) is 4.93. The molecule has 0 aliphatic carbocycles. The topological polar surface area (TPSA) is 24.9 Å². The van der Waals surface area contributed by atoms with Gasteiger partial charge in [0.2, 0.25) is 0 Å². The van der Waals surface area contributed by atoms with Crippen molar-refractivity contribution in [2.75, 3.05) is 40.4 Å². The summed E-state index contributed by atoms with van der Waals surface area (Å²) in [5.41, 5.74) is 2.47. The van der Waals surface area contributed by atoms with E-state index in [0.717, 1.165) is 43.6 Å². The molecule has 1 fully saturated rings. The van der Waals surface area contributed by atoms with Gasteiger partial charge in [0.1, 0.15) is 0 Å². The maximum absolute atomic E-state index is 12.6. The standard InChI is InChI=1S/C21H31F3N2O2/c1-20(2,3)10-15-11-26-7-6-14-8-19(28-13-21(22,23)24)18(27-5)9-16(14)17(26)12-25(15)4/h8-9,15,17H,6-7,10-13H2,1-5H3/t15-,17-/m1/s1. The molecule has 28 heavy (non-hydrogen) atoms. The van der Waals surface area contributed by atoms with Crippen LogP contribution >= 0.6 is 0 Å². The molecule has 0 bridgehead atoms. The number of benzene rings is 1. The highest BCUT2D eigenvalue weighted by molar-refractivity contribution is 5.49. The lowest BCUT2D eigenvalue weighted by Crippen LogP contribution is -2.55. The van der Waals surface area contributed by atoms with Gasteiger partial charge in [0.25, 0.3) is 0 Å². The van der Waals surface area contributed by atoms with Crippen molar-refractivity contribution in [3.8, 4) is 11.5 Å². The summed E-state index contributed by atoms with van der Waals surface area (Å²) in [6.07, 6.45) is -2.43. The molecule has 0 aromatic heterocycles. The molecule has 0 spiro atoms. The highest BCUT2D eigenvalue weighted by Gasteiger charge is 2.38. The van der Waals surface area contributed by atoms with E-state index in [2.05, 4.69) is 37.6 Å². The van der Waals surface area contributed by atoms with Crippen LogP contribution in [0.5, 0.6) is 11.5 Å². The summed E-state index contributed by atoms with van der Waals surface area (Å²) >= 11 is 0. The zero-order valence-corrected chi connectivity index (χ0v) is 17.4. The lowest BCUT2D eigenvalue weighted by atomic mass is 9.84. The molecule has 7 heteroatoms. The molecule has 2 aliphatic heterocycles. The first-order valence-electron chi connectivity index (χ1n) is 9.81. The van der Waals surface area contributed by atoms with Gasteiger partial charge >= 0.3 is 6.18 Å². The molecular formula is C21H31F3N2O2. The Morgan fingerprint density at radius 1 is 1.11 bits per heavy atom. The monoisotopic (exact) mass is 400 g/mol. The van der Waals surface area contributed by atoms with E-state index in [1.165, 1.54) is 7.11 Å². The molecule has 2 aliphatic rings. The largest absolute Gasteiger partial charge is 0.493 e. The molecule has 3 rings (SSSR count). The smallest absolute Gasteiger partial charge is 0.422 e. The fourth-order valence-electron chi connectivity index (χ4n) is 4.38. The first-order valence-corrected chi connectivity index (χ1v) is 9.81. The van der Waals surface area contributed by atoms with Crippen LogP contribution in [0.2, 0.25) is 0 Å². The molecule has 2 heterocycles. The molecule has 1 aromatic rings. The van der Waals surface area contributed by atoms with Gasteiger partial charge in [0.15, 0.2) is 18.1 Å². The minimum Gasteiger partial charge on any atom is -0.493 e. The molecule has 0 saturated carbocycles. The number of hydrogen-bond donors (Lipinski definition) is 0. The molecule has 1 saturated heterocycles. The Labute approximate surface area is 165 Å². The predicted octanol–water partition coefficient (Wildman–Crippen LogP) is 4.29. The Kier molecular flexibility index (Phi) is 5.88. The molecular weight excluding hydrogens is 369 g/mol. The number of rotatable bonds is 4. The first-order chi connectivity index (χ1) is 13.0. The van der Waals surface area contributed by atoms with Gasteiger partial charge in [-0.25, -0.2) is 0 Å². The molecule has 4 nitrogen and oxygen atoms in total. The van der Waals surface area contributed by atoms with Crippen LogP contribution in [0.15, 0.2) is 12.1 Å². The third-order valence-corrected chi connectivity index (χ3v) is 5.66. The second-order valence-electron chi connectivity index (χ2n) is 9.22. The third kappa shape index (κ3) is 4.92. The minimum absolute atomic E-state index is 0.168. The number of nitrogens with zero attached hydrogens (tertiary/aromatic N) is 2. The number of halogens is 3. The van der Waals surface area contributed by atoms with Gasteiger partial charge in [0, 0.05) is 31.7 Å². The number of alkyl halides is 3. The molecule has 0 amide bonds. The van der Waals surface area contributed by atoms with E-state index < -0.39 is 12.8 Å². The normalized spacial score (nSPS) is 23.9. The minimum atomic E-state index is -4.37. The second-order valence-corrected chi connectivity index (χ2v) is 9.22. The van der Waals surface area contributed by atoms with Crippen molar-refractivity contribution in [3.05, 3.63) is 23.3 Å². The quantitative estimate of drug-likeness (QED) is 0.753. The summed E-state index contributed by atoms with van der Waals surface area (Å²) < 4.78 is 48.0. The maximum atomic E-state index is 12.6. The number of likely N-dealkylation sites (N-methyl/N-ethyl adjacent to an activating group) is 1. The average Bonchev–Trinajstić information content (AvgIpc) is 2.58. The number of hydrogen-bond acceptors (Lipinski definition) is 4. The number of fused-ring (bicyclic) bond motifs is 3. The summed E-state index contributed by atoms with van der Waals surface area (Å²) in [7, 11) is 3.63. The summed E-state index contributed by atoms with van der Waals surface area (Å²) in [5.74, 6) is 0.533. The van der Waals surface area contributed by atoms with E-state index in [1.807, 2.05) is 6.07 Å². The van der Waals surface area contributed by atoms with E-state index in [4.69, 9.17) is 9.47 Å². The van der Waals surface area contributed by atoms with Gasteiger partial charge in [-0.05, 0) is 48.6 Å². The van der Waals surface area contributed by atoms with Gasteiger partial charge in [-0.2, -0.15) is 13.2 Å². The van der Waals surface area contributed by atoms with Crippen molar-refractivity contribution >= 4 is 0 Å². The van der Waals surface area contributed by atoms with E-state index in [-0.39, 0.29) is 17.2 Å². The van der Waals surface area contributed by atoms with E-state index in [9.17, 15) is 13.2 Å². The Bertz CT molecular complexity index is 700. The molecule has 0 N–H and O–H groups in total. The SMILES string of the molecule is COc1cc2c(cc1OCC(F)(F)F)CCN1C[C@@H](CC(C)(C)C)N(C)C[C@H]21. The maximum Gasteiger partial charge on any atom is 0.422 e. The van der Waals surface area contributed by atoms with Crippen LogP contribution < -0.4 is 9.47 Å². The molecule has 2 atom stereocenters. The van der Waals surface area contributed by atoms with Gasteiger partial charge < -0.3 is 14.4 Å². The van der Waals surface area contributed by atoms with Crippen LogP contribution in [-0.4, -0.2) is 62.4 Å². The van der Waals surface area contributed by atoms with Gasteiger partial charge in [-0.15, -0.1) is 0 Å². The highest BCUT2D eigenvalue weighted by Crippen LogP contribution is 2.41. The molecule has 0 unspecified atom stereocenters. The lowest BCUT2D eigenvalue weighted by Gasteiger charge is -2.49. The molecule has 0 radical (unpaired) electrons. The number of methoxy groups -OCH3 is 1. The summed E-state index contributed by atoms with van der Waals surface area (Å²) in [6, 6.07) is 4.35. The van der Waals surface area contributed by atoms with Crippen molar-refractivity contribution in [1.29, 1.82) is 0 Å².